The van der Waals surface area contributed by atoms with Gasteiger partial charge in [-0.05, 0) is 85.9 Å². The van der Waals surface area contributed by atoms with Crippen LogP contribution in [0.3, 0.4) is 0 Å². The predicted molar refractivity (Wildman–Crippen MR) is 219 cm³/mol. The molecule has 7 rings (SSSR count). The zero-order chi connectivity index (χ0) is 40.5. The lowest BCUT2D eigenvalue weighted by atomic mass is 9.55. The molecule has 2 aromatic rings. The third-order valence-electron chi connectivity index (χ3n) is 11.9. The van der Waals surface area contributed by atoms with Gasteiger partial charge in [0.05, 0.1) is 24.1 Å². The van der Waals surface area contributed by atoms with Crippen LogP contribution >= 0.6 is 11.6 Å². The topological polar surface area (TPSA) is 141 Å². The Bertz CT molecular complexity index is 1790. The van der Waals surface area contributed by atoms with Gasteiger partial charge in [0.25, 0.3) is 0 Å². The van der Waals surface area contributed by atoms with Crippen LogP contribution in [-0.4, -0.2) is 116 Å². The third-order valence-corrected chi connectivity index (χ3v) is 12.0. The molecule has 5 aliphatic rings. The van der Waals surface area contributed by atoms with Gasteiger partial charge in [-0.1, -0.05) is 36.2 Å². The predicted octanol–water partition coefficient (Wildman–Crippen LogP) is 6.64. The molecule has 0 spiro atoms. The van der Waals surface area contributed by atoms with E-state index >= 15 is 0 Å². The molecule has 0 radical (unpaired) electrons. The Kier molecular flexibility index (Phi) is 14.4. The number of benzene rings is 2. The normalized spacial score (nSPS) is 25.9. The lowest BCUT2D eigenvalue weighted by Gasteiger charge is -2.59. The first-order chi connectivity index (χ1) is 28.4. The highest BCUT2D eigenvalue weighted by Crippen LogP contribution is 2.62. The maximum Gasteiger partial charge on any atom is 0.410 e. The number of nitrogens with zero attached hydrogens (tertiary/aromatic N) is 3. The maximum atomic E-state index is 14.5. The molecular weight excluding hydrogens is 766 g/mol. The molecule has 3 heterocycles. The first-order valence-corrected chi connectivity index (χ1v) is 21.4. The summed E-state index contributed by atoms with van der Waals surface area (Å²) >= 11 is 6.09. The van der Waals surface area contributed by atoms with Crippen molar-refractivity contribution >= 4 is 23.4 Å². The number of amides is 1. The first kappa shape index (κ1) is 42.1. The Morgan fingerprint density at radius 2 is 1.84 bits per heavy atom. The van der Waals surface area contributed by atoms with Crippen LogP contribution in [0.25, 0.3) is 0 Å². The van der Waals surface area contributed by atoms with Crippen molar-refractivity contribution in [2.45, 2.75) is 76.2 Å². The van der Waals surface area contributed by atoms with Crippen LogP contribution in [0.5, 0.6) is 23.0 Å². The SMILES string of the molecule is C=CCO[C@@]12Oc3ccc(OCCN4CC4)cc3[C@H]3[C@H](CCCCO)[C@@H](CCCCO)C=C(C(=NOCC)C[C@@H]1N(Cc1ccc4c(c1)OCO4)C(=O)OCCCl)[C@H]32. The fourth-order valence-corrected chi connectivity index (χ4v) is 9.29. The van der Waals surface area contributed by atoms with Gasteiger partial charge >= 0.3 is 6.09 Å². The number of fused-ring (bicyclic) bond motifs is 3. The molecule has 0 bridgehead atoms. The van der Waals surface area contributed by atoms with E-state index in [1.165, 1.54) is 0 Å². The van der Waals surface area contributed by atoms with Crippen LogP contribution in [0, 0.1) is 17.8 Å². The standard InChI is InChI=1S/C44H58ClN3O10/c1-3-21-56-44-40(48(43(51)53-22-15-45)28-30-11-13-38-39(24-30)55-29-54-38)27-36(46-57-4-2)34-25-31(9-5-7-19-49)33(10-6-8-20-50)41(42(34)44)35-26-32(12-14-37(35)58-44)52-23-18-47-16-17-47/h3,11-14,24-26,31,33,40-42,49-50H,1,4-10,15-23,27-29H2,2H3/t31-,33+,40-,41+,42+,44+/m0/s1. The Hall–Kier alpha value is -4.01. The van der Waals surface area contributed by atoms with Gasteiger partial charge in [-0.25, -0.2) is 4.79 Å². The van der Waals surface area contributed by atoms with Gasteiger partial charge < -0.3 is 43.5 Å². The molecule has 1 saturated carbocycles. The Balaban J connectivity index is 1.41. The van der Waals surface area contributed by atoms with Gasteiger partial charge in [-0.15, -0.1) is 18.2 Å². The van der Waals surface area contributed by atoms with E-state index in [9.17, 15) is 15.0 Å². The van der Waals surface area contributed by atoms with E-state index < -0.39 is 23.8 Å². The zero-order valence-electron chi connectivity index (χ0n) is 33.5. The van der Waals surface area contributed by atoms with E-state index in [1.54, 1.807) is 11.0 Å². The number of aliphatic hydroxyl groups excluding tert-OH is 2. The quantitative estimate of drug-likeness (QED) is 0.0434. The number of allylic oxidation sites excluding steroid dienone is 1. The largest absolute Gasteiger partial charge is 0.492 e. The molecule has 58 heavy (non-hydrogen) atoms. The number of aliphatic hydroxyl groups is 2. The number of oxime groups is 1. The number of halogens is 1. The number of ether oxygens (including phenoxy) is 6. The second-order valence-electron chi connectivity index (χ2n) is 15.5. The minimum Gasteiger partial charge on any atom is -0.492 e. The summed E-state index contributed by atoms with van der Waals surface area (Å²) < 4.78 is 37.9. The van der Waals surface area contributed by atoms with E-state index in [2.05, 4.69) is 23.6 Å². The summed E-state index contributed by atoms with van der Waals surface area (Å²) in [4.78, 5) is 24.3. The summed E-state index contributed by atoms with van der Waals surface area (Å²) in [6.45, 7) is 10.5. The molecule has 2 aromatic carbocycles. The molecule has 14 heteroatoms. The molecule has 2 aliphatic carbocycles. The number of carbonyl (C=O) groups is 1. The van der Waals surface area contributed by atoms with Crippen molar-refractivity contribution in [3.05, 3.63) is 71.8 Å². The van der Waals surface area contributed by atoms with Crippen molar-refractivity contribution in [1.82, 2.24) is 9.80 Å². The third kappa shape index (κ3) is 9.23. The summed E-state index contributed by atoms with van der Waals surface area (Å²) in [6.07, 6.45) is 8.39. The average Bonchev–Trinajstić information content (AvgIpc) is 3.95. The highest BCUT2D eigenvalue weighted by atomic mass is 35.5. The highest BCUT2D eigenvalue weighted by molar-refractivity contribution is 6.18. The second kappa shape index (κ2) is 19.8. The molecule has 2 N–H and O–H groups in total. The zero-order valence-corrected chi connectivity index (χ0v) is 34.3. The van der Waals surface area contributed by atoms with Crippen LogP contribution in [0.15, 0.2) is 65.9 Å². The number of unbranched alkanes of at least 4 members (excludes halogenated alkanes) is 2. The molecule has 0 unspecified atom stereocenters. The van der Waals surface area contributed by atoms with Crippen molar-refractivity contribution in [2.24, 2.45) is 22.9 Å². The van der Waals surface area contributed by atoms with Crippen molar-refractivity contribution in [3.63, 3.8) is 0 Å². The monoisotopic (exact) mass is 823 g/mol. The molecule has 3 aliphatic heterocycles. The molecule has 316 valence electrons. The fourth-order valence-electron chi connectivity index (χ4n) is 9.21. The molecular formula is C44H58ClN3O10. The molecule has 1 amide bonds. The van der Waals surface area contributed by atoms with E-state index in [1.807, 2.05) is 37.3 Å². The van der Waals surface area contributed by atoms with Gasteiger partial charge in [-0.3, -0.25) is 9.80 Å². The maximum absolute atomic E-state index is 14.5. The van der Waals surface area contributed by atoms with Crippen LogP contribution in [-0.2, 0) is 20.9 Å². The van der Waals surface area contributed by atoms with E-state index in [0.717, 1.165) is 67.8 Å². The first-order valence-electron chi connectivity index (χ1n) is 20.9. The summed E-state index contributed by atoms with van der Waals surface area (Å²) in [6, 6.07) is 10.9. The number of rotatable bonds is 22. The van der Waals surface area contributed by atoms with Crippen molar-refractivity contribution in [1.29, 1.82) is 0 Å². The van der Waals surface area contributed by atoms with Gasteiger partial charge in [0.2, 0.25) is 12.6 Å². The van der Waals surface area contributed by atoms with E-state index in [0.29, 0.717) is 49.0 Å². The minimum atomic E-state index is -1.44. The molecule has 1 saturated heterocycles. The molecule has 2 fully saturated rings. The van der Waals surface area contributed by atoms with Crippen LogP contribution in [0.1, 0.15) is 68.9 Å². The van der Waals surface area contributed by atoms with Gasteiger partial charge in [0.1, 0.15) is 37.4 Å². The smallest absolute Gasteiger partial charge is 0.410 e. The lowest BCUT2D eigenvalue weighted by Crippen LogP contribution is -2.70. The van der Waals surface area contributed by atoms with Crippen molar-refractivity contribution in [3.8, 4) is 23.0 Å². The average molecular weight is 824 g/mol. The summed E-state index contributed by atoms with van der Waals surface area (Å²) in [5, 5.41) is 24.5. The summed E-state index contributed by atoms with van der Waals surface area (Å²) in [7, 11) is 0. The van der Waals surface area contributed by atoms with Crippen LogP contribution in [0.2, 0.25) is 0 Å². The lowest BCUT2D eigenvalue weighted by molar-refractivity contribution is -0.256. The molecule has 6 atom stereocenters. The van der Waals surface area contributed by atoms with Gasteiger partial charge in [0, 0.05) is 57.3 Å². The molecule has 0 aromatic heterocycles. The second-order valence-corrected chi connectivity index (χ2v) is 15.9. The van der Waals surface area contributed by atoms with Crippen molar-refractivity contribution < 1.29 is 48.3 Å². The van der Waals surface area contributed by atoms with Crippen LogP contribution < -0.4 is 18.9 Å². The van der Waals surface area contributed by atoms with E-state index in [-0.39, 0.29) is 69.8 Å². The molecule has 13 nitrogen and oxygen atoms in total. The van der Waals surface area contributed by atoms with Crippen molar-refractivity contribution in [2.75, 3.05) is 71.9 Å². The Morgan fingerprint density at radius 3 is 2.60 bits per heavy atom. The van der Waals surface area contributed by atoms with Gasteiger partial charge in [0.15, 0.2) is 11.5 Å². The Labute approximate surface area is 346 Å². The number of alkyl halides is 1. The highest BCUT2D eigenvalue weighted by Gasteiger charge is 2.65. The number of carbonyl (C=O) groups excluding carboxylic acids is 1. The van der Waals surface area contributed by atoms with Gasteiger partial charge in [-0.2, -0.15) is 0 Å². The number of hydrogen-bond donors (Lipinski definition) is 2. The summed E-state index contributed by atoms with van der Waals surface area (Å²) in [5.74, 6) is 0.883. The number of hydrogen-bond acceptors (Lipinski definition) is 12. The minimum absolute atomic E-state index is 0.00897. The summed E-state index contributed by atoms with van der Waals surface area (Å²) in [5.41, 5.74) is 3.46. The van der Waals surface area contributed by atoms with E-state index in [4.69, 9.17) is 50.0 Å². The Morgan fingerprint density at radius 1 is 1.05 bits per heavy atom. The fraction of sp³-hybridized carbons (Fsp3) is 0.591. The van der Waals surface area contributed by atoms with Crippen LogP contribution in [0.4, 0.5) is 4.79 Å².